The number of aromatic nitrogens is 2. The monoisotopic (exact) mass is 300 g/mol. The Morgan fingerprint density at radius 1 is 1.04 bits per heavy atom. The third-order valence-electron chi connectivity index (χ3n) is 4.14. The van der Waals surface area contributed by atoms with E-state index >= 15 is 0 Å². The SMILES string of the molecule is [C-]#[N+]c1cccc(N2Cc3cn(Cc4ccccc4)nc3C2)c1. The van der Waals surface area contributed by atoms with Crippen molar-refractivity contribution in [3.05, 3.63) is 89.0 Å². The molecule has 0 saturated carbocycles. The Balaban J connectivity index is 1.51. The van der Waals surface area contributed by atoms with Crippen molar-refractivity contribution in [3.63, 3.8) is 0 Å². The quantitative estimate of drug-likeness (QED) is 0.683. The first kappa shape index (κ1) is 13.6. The van der Waals surface area contributed by atoms with Gasteiger partial charge in [0.05, 0.1) is 25.4 Å². The molecular formula is C19H16N4. The molecule has 4 heteroatoms. The fourth-order valence-electron chi connectivity index (χ4n) is 3.00. The topological polar surface area (TPSA) is 25.4 Å². The summed E-state index contributed by atoms with van der Waals surface area (Å²) in [6, 6.07) is 18.2. The van der Waals surface area contributed by atoms with Gasteiger partial charge < -0.3 is 4.90 Å². The molecule has 0 N–H and O–H groups in total. The molecule has 0 radical (unpaired) electrons. The van der Waals surface area contributed by atoms with Crippen LogP contribution in [-0.2, 0) is 19.6 Å². The highest BCUT2D eigenvalue weighted by Gasteiger charge is 2.22. The normalized spacial score (nSPS) is 12.9. The smallest absolute Gasteiger partial charge is 0.189 e. The molecule has 23 heavy (non-hydrogen) atoms. The van der Waals surface area contributed by atoms with Gasteiger partial charge in [0, 0.05) is 24.0 Å². The highest BCUT2D eigenvalue weighted by Crippen LogP contribution is 2.29. The molecule has 0 aliphatic carbocycles. The zero-order valence-electron chi connectivity index (χ0n) is 12.7. The van der Waals surface area contributed by atoms with Gasteiger partial charge in [0.25, 0.3) is 0 Å². The average molecular weight is 300 g/mol. The lowest BCUT2D eigenvalue weighted by molar-refractivity contribution is 0.662. The summed E-state index contributed by atoms with van der Waals surface area (Å²) in [7, 11) is 0. The Kier molecular flexibility index (Phi) is 3.32. The molecule has 0 fully saturated rings. The molecule has 2 aromatic carbocycles. The third-order valence-corrected chi connectivity index (χ3v) is 4.14. The number of benzene rings is 2. The van der Waals surface area contributed by atoms with Gasteiger partial charge in [0.2, 0.25) is 0 Å². The lowest BCUT2D eigenvalue weighted by Gasteiger charge is -2.18. The molecule has 1 aliphatic heterocycles. The number of hydrogen-bond acceptors (Lipinski definition) is 2. The van der Waals surface area contributed by atoms with E-state index in [9.17, 15) is 0 Å². The number of hydrogen-bond donors (Lipinski definition) is 0. The molecule has 0 unspecified atom stereocenters. The highest BCUT2D eigenvalue weighted by atomic mass is 15.3. The summed E-state index contributed by atoms with van der Waals surface area (Å²) in [4.78, 5) is 5.77. The van der Waals surface area contributed by atoms with Gasteiger partial charge >= 0.3 is 0 Å². The van der Waals surface area contributed by atoms with Crippen LogP contribution in [0.1, 0.15) is 16.8 Å². The van der Waals surface area contributed by atoms with Gasteiger partial charge in [-0.2, -0.15) is 5.10 Å². The van der Waals surface area contributed by atoms with Crippen molar-refractivity contribution >= 4 is 11.4 Å². The van der Waals surface area contributed by atoms with Gasteiger partial charge in [-0.05, 0) is 17.7 Å². The van der Waals surface area contributed by atoms with Crippen LogP contribution in [0.25, 0.3) is 4.85 Å². The van der Waals surface area contributed by atoms with Crippen molar-refractivity contribution in [3.8, 4) is 0 Å². The van der Waals surface area contributed by atoms with Crippen LogP contribution in [-0.4, -0.2) is 9.78 Å². The van der Waals surface area contributed by atoms with E-state index in [-0.39, 0.29) is 0 Å². The molecule has 2 heterocycles. The van der Waals surface area contributed by atoms with Crippen molar-refractivity contribution in [2.75, 3.05) is 4.90 Å². The van der Waals surface area contributed by atoms with Crippen molar-refractivity contribution in [2.45, 2.75) is 19.6 Å². The zero-order valence-corrected chi connectivity index (χ0v) is 12.7. The standard InChI is InChI=1S/C19H16N4/c1-20-17-8-5-9-18(10-17)22-12-16-13-23(21-19(16)14-22)11-15-6-3-2-4-7-15/h2-10,13H,11-12,14H2. The maximum atomic E-state index is 7.14. The summed E-state index contributed by atoms with van der Waals surface area (Å²) in [6.07, 6.45) is 2.14. The van der Waals surface area contributed by atoms with E-state index in [4.69, 9.17) is 11.7 Å². The van der Waals surface area contributed by atoms with Gasteiger partial charge in [-0.15, -0.1) is 0 Å². The first-order chi connectivity index (χ1) is 11.3. The maximum Gasteiger partial charge on any atom is 0.189 e. The largest absolute Gasteiger partial charge is 0.362 e. The summed E-state index contributed by atoms with van der Waals surface area (Å²) in [5.41, 5.74) is 5.44. The number of fused-ring (bicyclic) bond motifs is 1. The fraction of sp³-hybridized carbons (Fsp3) is 0.158. The molecule has 1 aliphatic rings. The van der Waals surface area contributed by atoms with Crippen LogP contribution in [0.3, 0.4) is 0 Å². The molecule has 0 spiro atoms. The first-order valence-corrected chi connectivity index (χ1v) is 7.63. The minimum Gasteiger partial charge on any atom is -0.362 e. The summed E-state index contributed by atoms with van der Waals surface area (Å²) in [6.45, 7) is 9.60. The molecule has 0 atom stereocenters. The second kappa shape index (κ2) is 5.62. The zero-order chi connectivity index (χ0) is 15.6. The number of rotatable bonds is 3. The molecule has 3 aromatic rings. The molecule has 112 valence electrons. The minimum absolute atomic E-state index is 0.682. The van der Waals surface area contributed by atoms with E-state index in [1.807, 2.05) is 28.9 Å². The molecule has 4 rings (SSSR count). The lowest BCUT2D eigenvalue weighted by Crippen LogP contribution is -2.16. The first-order valence-electron chi connectivity index (χ1n) is 7.63. The number of anilines is 1. The van der Waals surface area contributed by atoms with Crippen LogP contribution in [0, 0.1) is 6.57 Å². The molecule has 1 aromatic heterocycles. The summed E-state index contributed by atoms with van der Waals surface area (Å²) in [5.74, 6) is 0. The second-order valence-corrected chi connectivity index (χ2v) is 5.77. The molecule has 0 bridgehead atoms. The van der Waals surface area contributed by atoms with Crippen molar-refractivity contribution in [2.24, 2.45) is 0 Å². The molecule has 0 saturated heterocycles. The summed E-state index contributed by atoms with van der Waals surface area (Å²) < 4.78 is 2.02. The van der Waals surface area contributed by atoms with Gasteiger partial charge in [-0.1, -0.05) is 42.5 Å². The van der Waals surface area contributed by atoms with Gasteiger partial charge in [-0.25, -0.2) is 4.85 Å². The molecule has 4 nitrogen and oxygen atoms in total. The van der Waals surface area contributed by atoms with Crippen LogP contribution in [0.15, 0.2) is 60.8 Å². The van der Waals surface area contributed by atoms with Gasteiger partial charge in [0.1, 0.15) is 0 Å². The average Bonchev–Trinajstić information content (AvgIpc) is 3.14. The summed E-state index contributed by atoms with van der Waals surface area (Å²) in [5, 5.41) is 4.72. The van der Waals surface area contributed by atoms with Crippen LogP contribution < -0.4 is 4.90 Å². The van der Waals surface area contributed by atoms with E-state index in [2.05, 4.69) is 46.3 Å². The van der Waals surface area contributed by atoms with E-state index in [1.54, 1.807) is 0 Å². The number of nitrogens with zero attached hydrogens (tertiary/aromatic N) is 4. The summed E-state index contributed by atoms with van der Waals surface area (Å²) >= 11 is 0. The predicted octanol–water partition coefficient (Wildman–Crippen LogP) is 4.00. The van der Waals surface area contributed by atoms with E-state index < -0.39 is 0 Å². The Bertz CT molecular complexity index is 850. The van der Waals surface area contributed by atoms with Crippen molar-refractivity contribution in [1.29, 1.82) is 0 Å². The highest BCUT2D eigenvalue weighted by molar-refractivity contribution is 5.60. The third kappa shape index (κ3) is 2.69. The van der Waals surface area contributed by atoms with Gasteiger partial charge in [-0.3, -0.25) is 4.68 Å². The Morgan fingerprint density at radius 3 is 2.70 bits per heavy atom. The van der Waals surface area contributed by atoms with E-state index in [0.29, 0.717) is 5.69 Å². The predicted molar refractivity (Wildman–Crippen MR) is 90.4 cm³/mol. The second-order valence-electron chi connectivity index (χ2n) is 5.77. The Labute approximate surface area is 135 Å². The molecular weight excluding hydrogens is 284 g/mol. The van der Waals surface area contributed by atoms with Crippen LogP contribution in [0.4, 0.5) is 11.4 Å². The van der Waals surface area contributed by atoms with Crippen molar-refractivity contribution in [1.82, 2.24) is 9.78 Å². The van der Waals surface area contributed by atoms with Crippen molar-refractivity contribution < 1.29 is 0 Å². The van der Waals surface area contributed by atoms with Crippen LogP contribution >= 0.6 is 0 Å². The molecule has 0 amide bonds. The Morgan fingerprint density at radius 2 is 1.91 bits per heavy atom. The fourth-order valence-corrected chi connectivity index (χ4v) is 3.00. The van der Waals surface area contributed by atoms with Crippen LogP contribution in [0.5, 0.6) is 0 Å². The lowest BCUT2D eigenvalue weighted by atomic mass is 10.2. The maximum absolute atomic E-state index is 7.14. The van der Waals surface area contributed by atoms with E-state index in [1.165, 1.54) is 11.1 Å². The Hall–Kier alpha value is -3.06. The van der Waals surface area contributed by atoms with Gasteiger partial charge in [0.15, 0.2) is 5.69 Å². The van der Waals surface area contributed by atoms with Crippen LogP contribution in [0.2, 0.25) is 0 Å². The van der Waals surface area contributed by atoms with E-state index in [0.717, 1.165) is 31.0 Å². The minimum atomic E-state index is 0.682.